The van der Waals surface area contributed by atoms with Gasteiger partial charge < -0.3 is 38.2 Å². The third-order valence-corrected chi connectivity index (χ3v) is 9.61. The minimum Gasteiger partial charge on any atom is -0.493 e. The highest BCUT2D eigenvalue weighted by Crippen LogP contribution is 2.43. The van der Waals surface area contributed by atoms with Crippen LogP contribution < -0.4 is 18.9 Å². The van der Waals surface area contributed by atoms with Crippen molar-refractivity contribution in [3.8, 4) is 23.0 Å². The van der Waals surface area contributed by atoms with Crippen LogP contribution in [0.15, 0.2) is 36.4 Å². The van der Waals surface area contributed by atoms with Crippen LogP contribution in [0.3, 0.4) is 0 Å². The van der Waals surface area contributed by atoms with E-state index in [0.29, 0.717) is 59.8 Å². The van der Waals surface area contributed by atoms with Crippen molar-refractivity contribution in [1.29, 1.82) is 0 Å². The van der Waals surface area contributed by atoms with Crippen molar-refractivity contribution < 1.29 is 42.8 Å². The number of hydrogen-bond acceptors (Lipinski definition) is 9. The van der Waals surface area contributed by atoms with Gasteiger partial charge in [-0.2, -0.15) is 0 Å². The number of nitrogens with zero attached hydrogens (tertiary/aromatic N) is 2. The van der Waals surface area contributed by atoms with Gasteiger partial charge in [0.1, 0.15) is 12.2 Å². The number of methoxy groups -OCH3 is 4. The van der Waals surface area contributed by atoms with E-state index >= 15 is 0 Å². The maximum atomic E-state index is 14.0. The second kappa shape index (κ2) is 12.5. The first kappa shape index (κ1) is 29.9. The predicted octanol–water partition coefficient (Wildman–Crippen LogP) is 4.85. The van der Waals surface area contributed by atoms with Gasteiger partial charge in [0.05, 0.1) is 39.6 Å². The molecule has 6 rings (SSSR count). The van der Waals surface area contributed by atoms with Gasteiger partial charge >= 0.3 is 18.0 Å². The Balaban J connectivity index is 1.06. The molecule has 0 N–H and O–H groups in total. The van der Waals surface area contributed by atoms with E-state index < -0.39 is 11.9 Å². The van der Waals surface area contributed by atoms with Crippen LogP contribution in [0.5, 0.6) is 23.0 Å². The van der Waals surface area contributed by atoms with Gasteiger partial charge in [-0.1, -0.05) is 0 Å². The summed E-state index contributed by atoms with van der Waals surface area (Å²) in [5.41, 5.74) is 0.805. The second-order valence-corrected chi connectivity index (χ2v) is 12.0. The van der Waals surface area contributed by atoms with Crippen molar-refractivity contribution in [2.75, 3.05) is 28.4 Å². The van der Waals surface area contributed by atoms with Gasteiger partial charge in [0.15, 0.2) is 23.0 Å². The van der Waals surface area contributed by atoms with E-state index in [1.807, 2.05) is 9.80 Å². The lowest BCUT2D eigenvalue weighted by atomic mass is 9.97. The van der Waals surface area contributed by atoms with Gasteiger partial charge in [0.2, 0.25) is 0 Å². The second-order valence-electron chi connectivity index (χ2n) is 12.0. The molecular weight excluding hydrogens is 568 g/mol. The van der Waals surface area contributed by atoms with Gasteiger partial charge in [0, 0.05) is 49.9 Å². The summed E-state index contributed by atoms with van der Waals surface area (Å²) in [6, 6.07) is 10.2. The van der Waals surface area contributed by atoms with Gasteiger partial charge in [-0.3, -0.25) is 0 Å². The Bertz CT molecular complexity index is 1280. The Morgan fingerprint density at radius 2 is 0.886 bits per heavy atom. The Hall–Kier alpha value is -4.15. The fourth-order valence-electron chi connectivity index (χ4n) is 7.57. The molecule has 4 aliphatic heterocycles. The number of carbonyl (C=O) groups is 3. The lowest BCUT2D eigenvalue weighted by molar-refractivity contribution is -0.0141. The summed E-state index contributed by atoms with van der Waals surface area (Å²) in [5.74, 6) is 1.22. The molecule has 4 heterocycles. The molecule has 2 amide bonds. The van der Waals surface area contributed by atoms with Crippen LogP contribution in [0, 0.1) is 0 Å². The van der Waals surface area contributed by atoms with Crippen molar-refractivity contribution in [3.05, 3.63) is 47.5 Å². The van der Waals surface area contributed by atoms with E-state index in [-0.39, 0.29) is 42.4 Å². The van der Waals surface area contributed by atoms with Crippen LogP contribution >= 0.6 is 0 Å². The van der Waals surface area contributed by atoms with E-state index in [1.54, 1.807) is 50.6 Å². The number of esters is 2. The molecule has 44 heavy (non-hydrogen) atoms. The molecule has 2 aromatic carbocycles. The van der Waals surface area contributed by atoms with Crippen molar-refractivity contribution >= 4 is 18.0 Å². The number of hydrogen-bond donors (Lipinski definition) is 0. The average molecular weight is 609 g/mol. The summed E-state index contributed by atoms with van der Waals surface area (Å²) in [4.78, 5) is 44.1. The molecule has 2 aromatic rings. The van der Waals surface area contributed by atoms with Gasteiger partial charge in [0.25, 0.3) is 0 Å². The fraction of sp³-hybridized carbons (Fsp3) is 0.545. The number of carbonyl (C=O) groups excluding carboxylic acids is 3. The van der Waals surface area contributed by atoms with Gasteiger partial charge in [-0.15, -0.1) is 0 Å². The van der Waals surface area contributed by atoms with Crippen LogP contribution in [0.25, 0.3) is 0 Å². The number of piperidine rings is 2. The van der Waals surface area contributed by atoms with Crippen molar-refractivity contribution in [2.24, 2.45) is 0 Å². The Labute approximate surface area is 257 Å². The number of fused-ring (bicyclic) bond motifs is 4. The third kappa shape index (κ3) is 5.59. The molecule has 0 saturated carbocycles. The maximum Gasteiger partial charge on any atom is 0.338 e. The molecular formula is C33H40N2O9. The molecule has 0 radical (unpaired) electrons. The molecule has 4 saturated heterocycles. The highest BCUT2D eigenvalue weighted by Gasteiger charge is 2.51. The number of ether oxygens (including phenoxy) is 6. The molecule has 4 fully saturated rings. The topological polar surface area (TPSA) is 113 Å². The zero-order valence-corrected chi connectivity index (χ0v) is 25.7. The van der Waals surface area contributed by atoms with Crippen molar-refractivity contribution in [2.45, 2.75) is 87.7 Å². The maximum absolute atomic E-state index is 14.0. The van der Waals surface area contributed by atoms with Crippen LogP contribution in [-0.4, -0.2) is 92.6 Å². The first-order valence-electron chi connectivity index (χ1n) is 15.3. The number of rotatable bonds is 8. The minimum absolute atomic E-state index is 0.0319. The largest absolute Gasteiger partial charge is 0.493 e. The summed E-state index contributed by atoms with van der Waals surface area (Å²) in [6.45, 7) is 0. The highest BCUT2D eigenvalue weighted by atomic mass is 16.6. The number of benzene rings is 2. The monoisotopic (exact) mass is 608 g/mol. The van der Waals surface area contributed by atoms with Crippen molar-refractivity contribution in [3.63, 3.8) is 0 Å². The summed E-state index contributed by atoms with van der Waals surface area (Å²) in [7, 11) is 6.15. The lowest BCUT2D eigenvalue weighted by Gasteiger charge is -2.45. The Kier molecular flexibility index (Phi) is 8.46. The summed E-state index contributed by atoms with van der Waals surface area (Å²) in [5, 5.41) is 0. The normalized spacial score (nSPS) is 27.0. The number of amides is 2. The molecule has 4 atom stereocenters. The summed E-state index contributed by atoms with van der Waals surface area (Å²) >= 11 is 0. The third-order valence-electron chi connectivity index (χ3n) is 9.61. The van der Waals surface area contributed by atoms with Crippen LogP contribution in [0.4, 0.5) is 4.79 Å². The first-order valence-corrected chi connectivity index (χ1v) is 15.3. The highest BCUT2D eigenvalue weighted by molar-refractivity contribution is 5.91. The predicted molar refractivity (Wildman–Crippen MR) is 159 cm³/mol. The van der Waals surface area contributed by atoms with Crippen LogP contribution in [-0.2, 0) is 9.47 Å². The first-order chi connectivity index (χ1) is 21.3. The smallest absolute Gasteiger partial charge is 0.338 e. The summed E-state index contributed by atoms with van der Waals surface area (Å²) in [6.07, 6.45) is 5.57. The van der Waals surface area contributed by atoms with Crippen molar-refractivity contribution in [1.82, 2.24) is 9.80 Å². The van der Waals surface area contributed by atoms with E-state index in [1.165, 1.54) is 14.2 Å². The SMILES string of the molecule is COc1ccc(C(=O)OC2C[C@@H]3CC[C@@H](C2)N3C(=O)N2[C@H]3CC[C@H]2CC(OC(=O)c2ccc(OC)c(OC)c2)C3)cc1OC. The van der Waals surface area contributed by atoms with Gasteiger partial charge in [-0.05, 0) is 62.1 Å². The Morgan fingerprint density at radius 1 is 0.545 bits per heavy atom. The molecule has 236 valence electrons. The molecule has 4 aliphatic rings. The molecule has 0 spiro atoms. The summed E-state index contributed by atoms with van der Waals surface area (Å²) < 4.78 is 33.0. The van der Waals surface area contributed by atoms with E-state index in [9.17, 15) is 14.4 Å². The van der Waals surface area contributed by atoms with Gasteiger partial charge in [-0.25, -0.2) is 14.4 Å². The molecule has 11 nitrogen and oxygen atoms in total. The Morgan fingerprint density at radius 3 is 1.20 bits per heavy atom. The average Bonchev–Trinajstić information content (AvgIpc) is 3.47. The van der Waals surface area contributed by atoms with E-state index in [4.69, 9.17) is 28.4 Å². The quantitative estimate of drug-likeness (QED) is 0.388. The van der Waals surface area contributed by atoms with Crippen LogP contribution in [0.1, 0.15) is 72.1 Å². The molecule has 0 unspecified atom stereocenters. The molecule has 4 bridgehead atoms. The van der Waals surface area contributed by atoms with Crippen LogP contribution in [0.2, 0.25) is 0 Å². The lowest BCUT2D eigenvalue weighted by Crippen LogP contribution is -2.58. The van der Waals surface area contributed by atoms with E-state index in [0.717, 1.165) is 25.7 Å². The zero-order chi connectivity index (χ0) is 31.0. The molecule has 0 aliphatic carbocycles. The fourth-order valence-corrected chi connectivity index (χ4v) is 7.57. The number of urea groups is 1. The van der Waals surface area contributed by atoms with E-state index in [2.05, 4.69) is 0 Å². The minimum atomic E-state index is -0.405. The molecule has 0 aromatic heterocycles. The molecule has 11 heteroatoms. The standard InChI is InChI=1S/C33H40N2O9/c1-39-27-11-5-19(13-29(27)41-3)31(36)43-25-15-21-7-8-22(16-25)34(21)33(38)35-23-9-10-24(35)18-26(17-23)44-32(37)20-6-12-28(40-2)30(14-20)42-4/h5-6,11-14,21-26H,7-10,15-18H2,1-4H3/t21-,22-,23-,24-/m0/s1. The zero-order valence-electron chi connectivity index (χ0n) is 25.7.